The molecule has 0 aliphatic carbocycles. The molecule has 1 heterocycles. The molecule has 1 unspecified atom stereocenters. The molecule has 1 aliphatic rings. The van der Waals surface area contributed by atoms with Gasteiger partial charge in [0.1, 0.15) is 29.3 Å². The summed E-state index contributed by atoms with van der Waals surface area (Å²) in [7, 11) is 0. The lowest BCUT2D eigenvalue weighted by Crippen LogP contribution is -2.64. The van der Waals surface area contributed by atoms with Gasteiger partial charge in [-0.25, -0.2) is 14.4 Å². The Morgan fingerprint density at radius 2 is 1.65 bits per heavy atom. The molecule has 1 fully saturated rings. The molecule has 4 amide bonds. The molecule has 4 atom stereocenters. The molecule has 0 radical (unpaired) electrons. The van der Waals surface area contributed by atoms with E-state index in [1.807, 2.05) is 0 Å². The van der Waals surface area contributed by atoms with Crippen LogP contribution >= 0.6 is 0 Å². The Hall–Kier alpha value is -4.16. The second-order valence-corrected chi connectivity index (χ2v) is 13.1. The van der Waals surface area contributed by atoms with Crippen LogP contribution in [-0.4, -0.2) is 88.2 Å². The number of carboxylic acids is 1. The Kier molecular flexibility index (Phi) is 14.0. The molecule has 256 valence electrons. The topological polar surface area (TPSA) is 180 Å². The molecule has 1 aromatic carbocycles. The lowest BCUT2D eigenvalue weighted by molar-refractivity contribution is -0.150. The number of esters is 1. The van der Waals surface area contributed by atoms with Crippen molar-refractivity contribution < 1.29 is 43.3 Å². The van der Waals surface area contributed by atoms with Gasteiger partial charge in [-0.1, -0.05) is 39.0 Å². The number of amides is 4. The summed E-state index contributed by atoms with van der Waals surface area (Å²) in [5, 5.41) is 17.6. The lowest BCUT2D eigenvalue weighted by Gasteiger charge is -2.34. The van der Waals surface area contributed by atoms with E-state index in [0.29, 0.717) is 31.2 Å². The van der Waals surface area contributed by atoms with E-state index < -0.39 is 65.0 Å². The van der Waals surface area contributed by atoms with Crippen LogP contribution in [-0.2, 0) is 28.7 Å². The third-order valence-electron chi connectivity index (χ3n) is 7.78. The van der Waals surface area contributed by atoms with Crippen LogP contribution in [0.25, 0.3) is 0 Å². The maximum Gasteiger partial charge on any atom is 0.408 e. The highest BCUT2D eigenvalue weighted by Crippen LogP contribution is 2.21. The Labute approximate surface area is 271 Å². The molecular weight excluding hydrogens is 596 g/mol. The minimum absolute atomic E-state index is 0.105. The van der Waals surface area contributed by atoms with Gasteiger partial charge < -0.3 is 35.4 Å². The normalized spacial score (nSPS) is 17.3. The summed E-state index contributed by atoms with van der Waals surface area (Å²) in [6.07, 6.45) is 1.20. The number of carbonyl (C=O) groups excluding carboxylic acids is 5. The Morgan fingerprint density at radius 3 is 2.22 bits per heavy atom. The second-order valence-electron chi connectivity index (χ2n) is 13.1. The fraction of sp³-hybridized carbons (Fsp3) is 0.636. The van der Waals surface area contributed by atoms with Crippen LogP contribution in [0, 0.1) is 5.92 Å². The van der Waals surface area contributed by atoms with Crippen molar-refractivity contribution in [2.75, 3.05) is 13.2 Å². The van der Waals surface area contributed by atoms with Crippen LogP contribution in [0.15, 0.2) is 30.3 Å². The number of ether oxygens (including phenoxy) is 2. The summed E-state index contributed by atoms with van der Waals surface area (Å²) in [4.78, 5) is 78.4. The van der Waals surface area contributed by atoms with Gasteiger partial charge in [-0.3, -0.25) is 14.4 Å². The van der Waals surface area contributed by atoms with E-state index >= 15 is 0 Å². The van der Waals surface area contributed by atoms with Gasteiger partial charge in [-0.05, 0) is 84.3 Å². The average molecular weight is 647 g/mol. The number of aliphatic carboxylic acids is 1. The van der Waals surface area contributed by atoms with Crippen molar-refractivity contribution in [3.63, 3.8) is 0 Å². The number of carbonyl (C=O) groups is 6. The largest absolute Gasteiger partial charge is 0.480 e. The maximum absolute atomic E-state index is 13.6. The fourth-order valence-electron chi connectivity index (χ4n) is 4.94. The third-order valence-corrected chi connectivity index (χ3v) is 7.78. The summed E-state index contributed by atoms with van der Waals surface area (Å²) >= 11 is 0. The van der Waals surface area contributed by atoms with Crippen molar-refractivity contribution in [2.45, 2.75) is 116 Å². The summed E-state index contributed by atoms with van der Waals surface area (Å²) in [6, 6.07) is 5.50. The van der Waals surface area contributed by atoms with Gasteiger partial charge in [0.2, 0.25) is 17.7 Å². The molecule has 1 saturated heterocycles. The minimum Gasteiger partial charge on any atom is -0.480 e. The van der Waals surface area contributed by atoms with Crippen LogP contribution in [0.4, 0.5) is 4.79 Å². The third kappa shape index (κ3) is 11.3. The van der Waals surface area contributed by atoms with Gasteiger partial charge in [-0.15, -0.1) is 0 Å². The molecule has 2 rings (SSSR count). The highest BCUT2D eigenvalue weighted by molar-refractivity contribution is 5.97. The molecule has 13 heteroatoms. The number of nitrogens with one attached hydrogen (secondary N) is 3. The number of alkyl carbamates (subject to hydrolysis) is 1. The van der Waals surface area contributed by atoms with Crippen molar-refractivity contribution in [3.05, 3.63) is 35.9 Å². The predicted molar refractivity (Wildman–Crippen MR) is 170 cm³/mol. The van der Waals surface area contributed by atoms with E-state index in [1.54, 1.807) is 71.9 Å². The van der Waals surface area contributed by atoms with E-state index in [2.05, 4.69) is 16.0 Å². The molecule has 1 aromatic rings. The summed E-state index contributed by atoms with van der Waals surface area (Å²) < 4.78 is 10.7. The molecule has 0 saturated carbocycles. The van der Waals surface area contributed by atoms with Crippen molar-refractivity contribution in [1.29, 1.82) is 0 Å². The van der Waals surface area contributed by atoms with Crippen molar-refractivity contribution >= 4 is 35.8 Å². The van der Waals surface area contributed by atoms with Gasteiger partial charge >= 0.3 is 18.0 Å². The first-order chi connectivity index (χ1) is 21.5. The number of nitrogens with zero attached hydrogens (tertiary/aromatic N) is 1. The van der Waals surface area contributed by atoms with Crippen molar-refractivity contribution in [2.24, 2.45) is 5.92 Å². The zero-order valence-corrected chi connectivity index (χ0v) is 28.0. The molecule has 13 nitrogen and oxygen atoms in total. The van der Waals surface area contributed by atoms with E-state index in [0.717, 1.165) is 0 Å². The number of unbranched alkanes of at least 4 members (excludes halogenated alkanes) is 1. The van der Waals surface area contributed by atoms with Gasteiger partial charge in [-0.2, -0.15) is 0 Å². The van der Waals surface area contributed by atoms with E-state index in [-0.39, 0.29) is 31.9 Å². The standard InChI is InChI=1S/C33H50N4O9/c1-8-33(7,30(43)35-25(21(2)3)27(39)37-19-14-18-24(37)28(40)41)36-26(38)23(34-31(44)46-32(4,5)6)17-12-13-20-45-29(42)22-15-10-9-11-16-22/h9-11,15-16,21,23-25H,8,12-14,17-20H2,1-7H3,(H,34,44)(H,35,43)(H,36,38)(H,40,41)/t23-,24+,25-,33?/m0/s1. The van der Waals surface area contributed by atoms with Crippen molar-refractivity contribution in [1.82, 2.24) is 20.9 Å². The van der Waals surface area contributed by atoms with Crippen LogP contribution in [0.5, 0.6) is 0 Å². The number of rotatable bonds is 15. The SMILES string of the molecule is CCC(C)(NC(=O)[C@H](CCCCOC(=O)c1ccccc1)NC(=O)OC(C)(C)C)C(=O)N[C@H](C(=O)N1CCC[C@@H]1C(=O)O)C(C)C. The first-order valence-electron chi connectivity index (χ1n) is 15.9. The van der Waals surface area contributed by atoms with E-state index in [4.69, 9.17) is 9.47 Å². The number of likely N-dealkylation sites (tertiary alicyclic amines) is 1. The number of hydrogen-bond acceptors (Lipinski definition) is 8. The van der Waals surface area contributed by atoms with Gasteiger partial charge in [0.15, 0.2) is 0 Å². The van der Waals surface area contributed by atoms with Gasteiger partial charge in [0.25, 0.3) is 0 Å². The molecule has 0 spiro atoms. The summed E-state index contributed by atoms with van der Waals surface area (Å²) in [6.45, 7) is 12.2. The number of benzene rings is 1. The minimum atomic E-state index is -1.47. The van der Waals surface area contributed by atoms with Crippen LogP contribution in [0.1, 0.15) is 97.3 Å². The maximum atomic E-state index is 13.6. The Bertz CT molecular complexity index is 1230. The molecule has 1 aliphatic heterocycles. The van der Waals surface area contributed by atoms with Crippen LogP contribution in [0.2, 0.25) is 0 Å². The first-order valence-corrected chi connectivity index (χ1v) is 15.9. The highest BCUT2D eigenvalue weighted by atomic mass is 16.6. The summed E-state index contributed by atoms with van der Waals surface area (Å²) in [5.41, 5.74) is -1.87. The second kappa shape index (κ2) is 17.0. The summed E-state index contributed by atoms with van der Waals surface area (Å²) in [5.74, 6) is -3.66. The predicted octanol–water partition coefficient (Wildman–Crippen LogP) is 3.41. The van der Waals surface area contributed by atoms with Gasteiger partial charge in [0, 0.05) is 6.54 Å². The molecular formula is C33H50N4O9. The van der Waals surface area contributed by atoms with Crippen LogP contribution in [0.3, 0.4) is 0 Å². The zero-order chi connectivity index (χ0) is 34.7. The molecule has 0 bridgehead atoms. The number of carboxylic acid groups (broad SMARTS) is 1. The zero-order valence-electron chi connectivity index (χ0n) is 28.0. The average Bonchev–Trinajstić information content (AvgIpc) is 3.48. The molecule has 0 aromatic heterocycles. The van der Waals surface area contributed by atoms with E-state index in [1.165, 1.54) is 11.8 Å². The Balaban J connectivity index is 2.11. The molecule has 4 N–H and O–H groups in total. The monoisotopic (exact) mass is 646 g/mol. The first kappa shape index (κ1) is 38.0. The van der Waals surface area contributed by atoms with Crippen LogP contribution < -0.4 is 16.0 Å². The lowest BCUT2D eigenvalue weighted by atomic mass is 9.94. The van der Waals surface area contributed by atoms with Gasteiger partial charge in [0.05, 0.1) is 12.2 Å². The molecule has 46 heavy (non-hydrogen) atoms. The highest BCUT2D eigenvalue weighted by Gasteiger charge is 2.42. The quantitative estimate of drug-likeness (QED) is 0.164. The Morgan fingerprint density at radius 1 is 1.00 bits per heavy atom. The van der Waals surface area contributed by atoms with Crippen molar-refractivity contribution in [3.8, 4) is 0 Å². The fourth-order valence-corrected chi connectivity index (χ4v) is 4.94. The smallest absolute Gasteiger partial charge is 0.408 e. The number of hydrogen-bond donors (Lipinski definition) is 4. The van der Waals surface area contributed by atoms with E-state index in [9.17, 15) is 33.9 Å².